The summed E-state index contributed by atoms with van der Waals surface area (Å²) in [6, 6.07) is 8.56. The molecule has 1 saturated heterocycles. The van der Waals surface area contributed by atoms with Gasteiger partial charge < -0.3 is 10.6 Å². The average Bonchev–Trinajstić information content (AvgIpc) is 2.74. The van der Waals surface area contributed by atoms with E-state index in [2.05, 4.69) is 48.7 Å². The minimum absolute atomic E-state index is 0.125. The Labute approximate surface area is 103 Å². The molecule has 0 aliphatic carbocycles. The molecule has 1 aliphatic heterocycles. The molecule has 0 bridgehead atoms. The van der Waals surface area contributed by atoms with Gasteiger partial charge in [-0.1, -0.05) is 29.8 Å². The van der Waals surface area contributed by atoms with E-state index in [9.17, 15) is 4.79 Å². The van der Waals surface area contributed by atoms with Crippen LogP contribution in [0.15, 0.2) is 24.3 Å². The largest absolute Gasteiger partial charge is 0.352 e. The molecule has 0 spiro atoms. The second-order valence-electron chi connectivity index (χ2n) is 4.84. The number of rotatable bonds is 3. The fourth-order valence-electron chi connectivity index (χ4n) is 2.24. The minimum Gasteiger partial charge on any atom is -0.352 e. The first kappa shape index (κ1) is 12.1. The Morgan fingerprint density at radius 1 is 1.41 bits per heavy atom. The molecule has 0 saturated carbocycles. The Balaban J connectivity index is 1.85. The van der Waals surface area contributed by atoms with Crippen molar-refractivity contribution in [1.82, 2.24) is 10.6 Å². The van der Waals surface area contributed by atoms with Gasteiger partial charge in [0, 0.05) is 12.6 Å². The van der Waals surface area contributed by atoms with Crippen LogP contribution in [-0.2, 0) is 11.3 Å². The molecule has 1 amide bonds. The molecule has 2 atom stereocenters. The fraction of sp³-hybridized carbons (Fsp3) is 0.500. The van der Waals surface area contributed by atoms with Gasteiger partial charge in [-0.05, 0) is 32.4 Å². The van der Waals surface area contributed by atoms with Crippen molar-refractivity contribution in [3.63, 3.8) is 0 Å². The number of hydrogen-bond acceptors (Lipinski definition) is 2. The Morgan fingerprint density at radius 2 is 2.12 bits per heavy atom. The van der Waals surface area contributed by atoms with E-state index in [1.54, 1.807) is 0 Å². The Hall–Kier alpha value is -1.35. The van der Waals surface area contributed by atoms with Gasteiger partial charge in [-0.2, -0.15) is 0 Å². The Kier molecular flexibility index (Phi) is 3.79. The van der Waals surface area contributed by atoms with Gasteiger partial charge in [0.05, 0.1) is 5.92 Å². The summed E-state index contributed by atoms with van der Waals surface area (Å²) in [5, 5.41) is 6.31. The number of hydrogen-bond donors (Lipinski definition) is 2. The first-order chi connectivity index (χ1) is 8.16. The zero-order chi connectivity index (χ0) is 12.3. The van der Waals surface area contributed by atoms with Gasteiger partial charge in [0.2, 0.25) is 5.91 Å². The number of carbonyl (C=O) groups is 1. The number of aryl methyl sites for hydroxylation is 1. The van der Waals surface area contributed by atoms with E-state index in [4.69, 9.17) is 0 Å². The van der Waals surface area contributed by atoms with E-state index in [0.29, 0.717) is 12.6 Å². The maximum absolute atomic E-state index is 11.9. The van der Waals surface area contributed by atoms with Crippen LogP contribution in [0.1, 0.15) is 24.5 Å². The first-order valence-corrected chi connectivity index (χ1v) is 6.23. The van der Waals surface area contributed by atoms with Crippen LogP contribution in [0.4, 0.5) is 0 Å². The van der Waals surface area contributed by atoms with Crippen LogP contribution in [0.2, 0.25) is 0 Å². The summed E-state index contributed by atoms with van der Waals surface area (Å²) in [6.45, 7) is 5.71. The Morgan fingerprint density at radius 3 is 2.71 bits per heavy atom. The molecule has 17 heavy (non-hydrogen) atoms. The number of carbonyl (C=O) groups excluding carboxylic acids is 1. The van der Waals surface area contributed by atoms with Crippen LogP contribution in [0, 0.1) is 12.8 Å². The van der Waals surface area contributed by atoms with Gasteiger partial charge in [-0.15, -0.1) is 0 Å². The highest BCUT2D eigenvalue weighted by Gasteiger charge is 2.28. The van der Waals surface area contributed by atoms with Crippen molar-refractivity contribution in [2.75, 3.05) is 6.54 Å². The third kappa shape index (κ3) is 3.07. The SMILES string of the molecule is Cc1ccc(CNC(=O)C2CCNC2C)cc1. The third-order valence-electron chi connectivity index (χ3n) is 3.45. The normalized spacial score (nSPS) is 23.6. The van der Waals surface area contributed by atoms with Crippen molar-refractivity contribution < 1.29 is 4.79 Å². The number of nitrogens with one attached hydrogen (secondary N) is 2. The minimum atomic E-state index is 0.125. The second kappa shape index (κ2) is 5.32. The van der Waals surface area contributed by atoms with Crippen molar-refractivity contribution in [3.8, 4) is 0 Å². The summed E-state index contributed by atoms with van der Waals surface area (Å²) in [5.41, 5.74) is 2.40. The summed E-state index contributed by atoms with van der Waals surface area (Å²) in [5.74, 6) is 0.295. The summed E-state index contributed by atoms with van der Waals surface area (Å²) < 4.78 is 0. The highest BCUT2D eigenvalue weighted by Crippen LogP contribution is 2.15. The lowest BCUT2D eigenvalue weighted by molar-refractivity contribution is -0.125. The first-order valence-electron chi connectivity index (χ1n) is 6.23. The topological polar surface area (TPSA) is 41.1 Å². The summed E-state index contributed by atoms with van der Waals surface area (Å²) in [6.07, 6.45) is 0.945. The fourth-order valence-corrected chi connectivity index (χ4v) is 2.24. The molecule has 0 aromatic heterocycles. The molecular formula is C14H20N2O. The van der Waals surface area contributed by atoms with Gasteiger partial charge in [0.25, 0.3) is 0 Å². The molecule has 3 nitrogen and oxygen atoms in total. The van der Waals surface area contributed by atoms with Crippen LogP contribution in [0.5, 0.6) is 0 Å². The van der Waals surface area contributed by atoms with Crippen LogP contribution in [0.25, 0.3) is 0 Å². The van der Waals surface area contributed by atoms with Crippen LogP contribution >= 0.6 is 0 Å². The lowest BCUT2D eigenvalue weighted by atomic mass is 10.0. The van der Waals surface area contributed by atoms with Crippen LogP contribution in [-0.4, -0.2) is 18.5 Å². The maximum atomic E-state index is 11.9. The predicted molar refractivity (Wildman–Crippen MR) is 68.6 cm³/mol. The van der Waals surface area contributed by atoms with Crippen molar-refractivity contribution in [2.45, 2.75) is 32.9 Å². The number of benzene rings is 1. The second-order valence-corrected chi connectivity index (χ2v) is 4.84. The van der Waals surface area contributed by atoms with Crippen LogP contribution < -0.4 is 10.6 Å². The summed E-state index contributed by atoms with van der Waals surface area (Å²) in [7, 11) is 0. The van der Waals surface area contributed by atoms with E-state index in [-0.39, 0.29) is 11.8 Å². The van der Waals surface area contributed by atoms with Gasteiger partial charge in [0.1, 0.15) is 0 Å². The molecule has 1 heterocycles. The quantitative estimate of drug-likeness (QED) is 0.831. The zero-order valence-electron chi connectivity index (χ0n) is 10.5. The Bertz CT molecular complexity index is 386. The van der Waals surface area contributed by atoms with Gasteiger partial charge >= 0.3 is 0 Å². The number of amides is 1. The van der Waals surface area contributed by atoms with E-state index in [1.807, 2.05) is 0 Å². The van der Waals surface area contributed by atoms with Gasteiger partial charge in [-0.3, -0.25) is 4.79 Å². The molecule has 1 aliphatic rings. The molecule has 0 radical (unpaired) electrons. The van der Waals surface area contributed by atoms with Crippen LogP contribution in [0.3, 0.4) is 0 Å². The molecular weight excluding hydrogens is 212 g/mol. The monoisotopic (exact) mass is 232 g/mol. The molecule has 2 rings (SSSR count). The molecule has 3 heteroatoms. The molecule has 2 N–H and O–H groups in total. The van der Waals surface area contributed by atoms with Crippen molar-refractivity contribution >= 4 is 5.91 Å². The smallest absolute Gasteiger partial charge is 0.224 e. The van der Waals surface area contributed by atoms with Crippen molar-refractivity contribution in [3.05, 3.63) is 35.4 Å². The highest BCUT2D eigenvalue weighted by atomic mass is 16.1. The molecule has 1 fully saturated rings. The summed E-state index contributed by atoms with van der Waals surface area (Å²) >= 11 is 0. The van der Waals surface area contributed by atoms with Gasteiger partial charge in [-0.25, -0.2) is 0 Å². The molecule has 92 valence electrons. The van der Waals surface area contributed by atoms with Crippen molar-refractivity contribution in [1.29, 1.82) is 0 Å². The van der Waals surface area contributed by atoms with E-state index < -0.39 is 0 Å². The zero-order valence-corrected chi connectivity index (χ0v) is 10.5. The van der Waals surface area contributed by atoms with E-state index in [0.717, 1.165) is 18.5 Å². The average molecular weight is 232 g/mol. The molecule has 1 aromatic carbocycles. The summed E-state index contributed by atoms with van der Waals surface area (Å²) in [4.78, 5) is 11.9. The van der Waals surface area contributed by atoms with E-state index in [1.165, 1.54) is 5.56 Å². The predicted octanol–water partition coefficient (Wildman–Crippen LogP) is 1.61. The van der Waals surface area contributed by atoms with Gasteiger partial charge in [0.15, 0.2) is 0 Å². The van der Waals surface area contributed by atoms with E-state index >= 15 is 0 Å². The lowest BCUT2D eigenvalue weighted by Crippen LogP contribution is -2.36. The standard InChI is InChI=1S/C14H20N2O/c1-10-3-5-12(6-4-10)9-16-14(17)13-7-8-15-11(13)2/h3-6,11,13,15H,7-9H2,1-2H3,(H,16,17). The molecule has 1 aromatic rings. The highest BCUT2D eigenvalue weighted by molar-refractivity contribution is 5.79. The maximum Gasteiger partial charge on any atom is 0.224 e. The third-order valence-corrected chi connectivity index (χ3v) is 3.45. The van der Waals surface area contributed by atoms with Crippen molar-refractivity contribution in [2.24, 2.45) is 5.92 Å². The molecule has 2 unspecified atom stereocenters. The lowest BCUT2D eigenvalue weighted by Gasteiger charge is -2.14.